The van der Waals surface area contributed by atoms with Crippen molar-refractivity contribution in [2.24, 2.45) is 7.05 Å². The molecule has 0 saturated heterocycles. The first kappa shape index (κ1) is 17.2. The van der Waals surface area contributed by atoms with E-state index < -0.39 is 12.0 Å². The molecular formula is C16H19N3O5. The van der Waals surface area contributed by atoms with Crippen molar-refractivity contribution in [2.45, 2.75) is 13.5 Å². The number of carbonyl (C=O) groups excluding carboxylic acids is 2. The number of aryl methyl sites for hydroxylation is 1. The first-order valence-corrected chi connectivity index (χ1v) is 7.30. The highest BCUT2D eigenvalue weighted by Crippen LogP contribution is 2.25. The number of ether oxygens (including phenoxy) is 1. The van der Waals surface area contributed by atoms with Gasteiger partial charge in [-0.25, -0.2) is 9.59 Å². The minimum absolute atomic E-state index is 0.0537. The Bertz CT molecular complexity index is 734. The van der Waals surface area contributed by atoms with Crippen molar-refractivity contribution < 1.29 is 24.5 Å². The summed E-state index contributed by atoms with van der Waals surface area (Å²) >= 11 is 0. The van der Waals surface area contributed by atoms with Gasteiger partial charge in [-0.2, -0.15) is 0 Å². The van der Waals surface area contributed by atoms with E-state index in [1.54, 1.807) is 24.7 Å². The second-order valence-electron chi connectivity index (χ2n) is 5.03. The monoisotopic (exact) mass is 333 g/mol. The number of aromatic hydroxyl groups is 2. The van der Waals surface area contributed by atoms with Crippen LogP contribution in [0.4, 0.5) is 10.5 Å². The zero-order chi connectivity index (χ0) is 17.7. The Labute approximate surface area is 138 Å². The minimum Gasteiger partial charge on any atom is -0.507 e. The Morgan fingerprint density at radius 2 is 1.92 bits per heavy atom. The number of anilines is 1. The molecule has 2 amide bonds. The summed E-state index contributed by atoms with van der Waals surface area (Å²) in [6.45, 7) is 1.92. The molecule has 128 valence electrons. The lowest BCUT2D eigenvalue weighted by molar-refractivity contribution is 0.0515. The highest BCUT2D eigenvalue weighted by molar-refractivity contribution is 5.93. The van der Waals surface area contributed by atoms with Crippen LogP contribution in [0.15, 0.2) is 30.5 Å². The van der Waals surface area contributed by atoms with Gasteiger partial charge in [0.05, 0.1) is 24.4 Å². The van der Waals surface area contributed by atoms with Crippen LogP contribution in [0.5, 0.6) is 11.5 Å². The van der Waals surface area contributed by atoms with E-state index in [1.807, 2.05) is 0 Å². The summed E-state index contributed by atoms with van der Waals surface area (Å²) in [6.07, 6.45) is 1.57. The molecule has 1 heterocycles. The van der Waals surface area contributed by atoms with Crippen molar-refractivity contribution >= 4 is 17.7 Å². The number of benzene rings is 1. The van der Waals surface area contributed by atoms with E-state index >= 15 is 0 Å². The third-order valence-electron chi connectivity index (χ3n) is 3.30. The Morgan fingerprint density at radius 1 is 1.25 bits per heavy atom. The lowest BCUT2D eigenvalue weighted by Crippen LogP contribution is -2.28. The Morgan fingerprint density at radius 3 is 2.54 bits per heavy atom. The smallest absolute Gasteiger partial charge is 0.355 e. The van der Waals surface area contributed by atoms with Crippen LogP contribution in [0.1, 0.15) is 23.0 Å². The van der Waals surface area contributed by atoms with Gasteiger partial charge in [0, 0.05) is 13.2 Å². The third kappa shape index (κ3) is 3.97. The molecule has 2 aromatic rings. The van der Waals surface area contributed by atoms with Crippen LogP contribution in [-0.4, -0.2) is 33.4 Å². The number of phenols is 2. The van der Waals surface area contributed by atoms with Gasteiger partial charge in [-0.1, -0.05) is 6.07 Å². The molecular weight excluding hydrogens is 314 g/mol. The second kappa shape index (κ2) is 7.40. The number of hydrogen-bond acceptors (Lipinski definition) is 5. The van der Waals surface area contributed by atoms with Gasteiger partial charge < -0.3 is 30.2 Å². The van der Waals surface area contributed by atoms with Crippen LogP contribution in [-0.2, 0) is 18.3 Å². The SMILES string of the molecule is CCOC(=O)c1cc(NC(=O)NCc2c(O)cccc2O)cn1C. The molecule has 0 aliphatic heterocycles. The minimum atomic E-state index is -0.543. The topological polar surface area (TPSA) is 113 Å². The predicted octanol–water partition coefficient (Wildman–Crippen LogP) is 1.93. The average Bonchev–Trinajstić information content (AvgIpc) is 2.87. The molecule has 0 saturated carbocycles. The van der Waals surface area contributed by atoms with Gasteiger partial charge in [-0.3, -0.25) is 0 Å². The number of aromatic nitrogens is 1. The highest BCUT2D eigenvalue weighted by atomic mass is 16.5. The fraction of sp³-hybridized carbons (Fsp3) is 0.250. The van der Waals surface area contributed by atoms with Gasteiger partial charge in [0.1, 0.15) is 17.2 Å². The molecule has 0 aliphatic rings. The number of phenolic OH excluding ortho intramolecular Hbond substituents is 2. The highest BCUT2D eigenvalue weighted by Gasteiger charge is 2.14. The largest absolute Gasteiger partial charge is 0.507 e. The molecule has 8 heteroatoms. The van der Waals surface area contributed by atoms with Crippen molar-refractivity contribution in [3.8, 4) is 11.5 Å². The van der Waals surface area contributed by atoms with Gasteiger partial charge in [-0.05, 0) is 25.1 Å². The normalized spacial score (nSPS) is 10.2. The number of amides is 2. The van der Waals surface area contributed by atoms with Gasteiger partial charge >= 0.3 is 12.0 Å². The van der Waals surface area contributed by atoms with Gasteiger partial charge in [-0.15, -0.1) is 0 Å². The number of nitrogens with zero attached hydrogens (tertiary/aromatic N) is 1. The van der Waals surface area contributed by atoms with Crippen LogP contribution in [0, 0.1) is 0 Å². The average molecular weight is 333 g/mol. The molecule has 0 aliphatic carbocycles. The van der Waals surface area contributed by atoms with Crippen molar-refractivity contribution in [2.75, 3.05) is 11.9 Å². The summed E-state index contributed by atoms with van der Waals surface area (Å²) in [5, 5.41) is 24.4. The summed E-state index contributed by atoms with van der Waals surface area (Å²) in [5.74, 6) is -0.702. The summed E-state index contributed by atoms with van der Waals surface area (Å²) in [5.41, 5.74) is 0.943. The molecule has 0 spiro atoms. The van der Waals surface area contributed by atoms with E-state index in [-0.39, 0.29) is 30.2 Å². The van der Waals surface area contributed by atoms with E-state index in [0.29, 0.717) is 11.4 Å². The molecule has 1 aromatic carbocycles. The predicted molar refractivity (Wildman–Crippen MR) is 87.0 cm³/mol. The number of urea groups is 1. The lowest BCUT2D eigenvalue weighted by Gasteiger charge is -2.09. The molecule has 24 heavy (non-hydrogen) atoms. The first-order valence-electron chi connectivity index (χ1n) is 7.30. The number of nitrogens with one attached hydrogen (secondary N) is 2. The zero-order valence-corrected chi connectivity index (χ0v) is 13.4. The molecule has 0 bridgehead atoms. The molecule has 8 nitrogen and oxygen atoms in total. The standard InChI is InChI=1S/C16H19N3O5/c1-3-24-15(22)12-7-10(9-19(12)2)18-16(23)17-8-11-13(20)5-4-6-14(11)21/h4-7,9,20-21H,3,8H2,1-2H3,(H2,17,18,23). The van der Waals surface area contributed by atoms with Crippen molar-refractivity contribution in [1.29, 1.82) is 0 Å². The quantitative estimate of drug-likeness (QED) is 0.625. The van der Waals surface area contributed by atoms with Crippen LogP contribution in [0.2, 0.25) is 0 Å². The Kier molecular flexibility index (Phi) is 5.31. The Hall–Kier alpha value is -3.16. The summed E-state index contributed by atoms with van der Waals surface area (Å²) in [6, 6.07) is 5.28. The lowest BCUT2D eigenvalue weighted by atomic mass is 10.2. The molecule has 4 N–H and O–H groups in total. The van der Waals surface area contributed by atoms with E-state index in [2.05, 4.69) is 10.6 Å². The summed E-state index contributed by atoms with van der Waals surface area (Å²) in [7, 11) is 1.66. The van der Waals surface area contributed by atoms with Crippen molar-refractivity contribution in [3.05, 3.63) is 41.7 Å². The van der Waals surface area contributed by atoms with Crippen molar-refractivity contribution in [1.82, 2.24) is 9.88 Å². The summed E-state index contributed by atoms with van der Waals surface area (Å²) in [4.78, 5) is 23.6. The molecule has 0 atom stereocenters. The molecule has 0 unspecified atom stereocenters. The number of esters is 1. The fourth-order valence-electron chi connectivity index (χ4n) is 2.13. The van der Waals surface area contributed by atoms with Gasteiger partial charge in [0.2, 0.25) is 0 Å². The van der Waals surface area contributed by atoms with Crippen LogP contribution < -0.4 is 10.6 Å². The van der Waals surface area contributed by atoms with Crippen LogP contribution in [0.3, 0.4) is 0 Å². The maximum atomic E-state index is 11.9. The van der Waals surface area contributed by atoms with E-state index in [9.17, 15) is 19.8 Å². The number of hydrogen-bond donors (Lipinski definition) is 4. The molecule has 2 rings (SSSR count). The second-order valence-corrected chi connectivity index (χ2v) is 5.03. The van der Waals surface area contributed by atoms with Gasteiger partial charge in [0.25, 0.3) is 0 Å². The van der Waals surface area contributed by atoms with E-state index in [0.717, 1.165) is 0 Å². The maximum absolute atomic E-state index is 11.9. The number of carbonyl (C=O) groups is 2. The van der Waals surface area contributed by atoms with Crippen LogP contribution in [0.25, 0.3) is 0 Å². The fourth-order valence-corrected chi connectivity index (χ4v) is 2.13. The van der Waals surface area contributed by atoms with E-state index in [4.69, 9.17) is 4.74 Å². The molecule has 0 radical (unpaired) electrons. The third-order valence-corrected chi connectivity index (χ3v) is 3.30. The zero-order valence-electron chi connectivity index (χ0n) is 13.4. The van der Waals surface area contributed by atoms with Crippen molar-refractivity contribution in [3.63, 3.8) is 0 Å². The molecule has 0 fully saturated rings. The number of rotatable bonds is 5. The van der Waals surface area contributed by atoms with Gasteiger partial charge in [0.15, 0.2) is 0 Å². The Balaban J connectivity index is 1.98. The van der Waals surface area contributed by atoms with E-state index in [1.165, 1.54) is 24.3 Å². The first-order chi connectivity index (χ1) is 11.4. The van der Waals surface area contributed by atoms with Crippen LogP contribution >= 0.6 is 0 Å². The maximum Gasteiger partial charge on any atom is 0.355 e. The molecule has 1 aromatic heterocycles. The summed E-state index contributed by atoms with van der Waals surface area (Å²) < 4.78 is 6.46.